The molecule has 0 radical (unpaired) electrons. The number of hydrogen-bond donors (Lipinski definition) is 2. The van der Waals surface area contributed by atoms with Gasteiger partial charge in [0.05, 0.1) is 0 Å². The molecule has 3 amide bonds. The van der Waals surface area contributed by atoms with E-state index in [4.69, 9.17) is 4.74 Å². The largest absolute Gasteiger partial charge is 0.444 e. The van der Waals surface area contributed by atoms with E-state index in [1.165, 1.54) is 0 Å². The molecule has 0 spiro atoms. The minimum Gasteiger partial charge on any atom is -0.444 e. The average molecular weight is 532 g/mol. The van der Waals surface area contributed by atoms with Crippen molar-refractivity contribution in [3.63, 3.8) is 0 Å². The monoisotopic (exact) mass is 531 g/mol. The Labute approximate surface area is 231 Å². The molecule has 0 saturated heterocycles. The van der Waals surface area contributed by atoms with Gasteiger partial charge in [-0.1, -0.05) is 59.7 Å². The van der Waals surface area contributed by atoms with Crippen LogP contribution in [-0.2, 0) is 14.3 Å². The van der Waals surface area contributed by atoms with Crippen LogP contribution >= 0.6 is 0 Å². The third-order valence-corrected chi connectivity index (χ3v) is 6.15. The molecule has 0 bridgehead atoms. The van der Waals surface area contributed by atoms with Gasteiger partial charge >= 0.3 is 6.09 Å². The zero-order valence-corrected chi connectivity index (χ0v) is 24.5. The summed E-state index contributed by atoms with van der Waals surface area (Å²) in [5, 5.41) is 7.75. The molecule has 208 valence electrons. The summed E-state index contributed by atoms with van der Waals surface area (Å²) in [6.07, 6.45) is -0.694. The number of hydrogen-bond acceptors (Lipinski definition) is 4. The first-order valence-electron chi connectivity index (χ1n) is 13.3. The summed E-state index contributed by atoms with van der Waals surface area (Å²) in [6.45, 7) is 16.4. The fourth-order valence-electron chi connectivity index (χ4n) is 4.66. The van der Waals surface area contributed by atoms with Gasteiger partial charge < -0.3 is 20.3 Å². The maximum absolute atomic E-state index is 14.1. The Morgan fingerprint density at radius 1 is 0.821 bits per heavy atom. The van der Waals surface area contributed by atoms with Crippen LogP contribution in [0.5, 0.6) is 0 Å². The highest BCUT2D eigenvalue weighted by atomic mass is 16.6. The Balaban J connectivity index is 2.03. The van der Waals surface area contributed by atoms with Crippen LogP contribution in [0.2, 0.25) is 0 Å². The Morgan fingerprint density at radius 3 is 1.97 bits per heavy atom. The lowest BCUT2D eigenvalue weighted by atomic mass is 9.93. The van der Waals surface area contributed by atoms with E-state index in [1.54, 1.807) is 32.6 Å². The van der Waals surface area contributed by atoms with Gasteiger partial charge in [-0.05, 0) is 90.8 Å². The van der Waals surface area contributed by atoms with Crippen LogP contribution in [0.25, 0.3) is 10.8 Å². The number of alkyl carbamates (subject to hydrolysis) is 1. The summed E-state index contributed by atoms with van der Waals surface area (Å²) < 4.78 is 5.36. The molecule has 2 unspecified atom stereocenters. The molecular weight excluding hydrogens is 490 g/mol. The molecule has 7 heteroatoms. The van der Waals surface area contributed by atoms with Crippen molar-refractivity contribution in [2.45, 2.75) is 85.5 Å². The van der Waals surface area contributed by atoms with E-state index in [0.717, 1.165) is 21.9 Å². The quantitative estimate of drug-likeness (QED) is 0.372. The van der Waals surface area contributed by atoms with Crippen molar-refractivity contribution in [1.82, 2.24) is 10.2 Å². The van der Waals surface area contributed by atoms with Crippen molar-refractivity contribution in [2.24, 2.45) is 0 Å². The lowest BCUT2D eigenvalue weighted by Gasteiger charge is -2.42. The number of carbonyl (C=O) groups excluding carboxylic acids is 3. The van der Waals surface area contributed by atoms with Crippen molar-refractivity contribution in [3.05, 3.63) is 77.4 Å². The number of aryl methyl sites for hydroxylation is 2. The van der Waals surface area contributed by atoms with Crippen LogP contribution in [0.4, 0.5) is 10.5 Å². The third kappa shape index (κ3) is 7.82. The van der Waals surface area contributed by atoms with Gasteiger partial charge in [-0.25, -0.2) is 4.79 Å². The number of carbonyl (C=O) groups is 3. The minimum absolute atomic E-state index is 0.344. The summed E-state index contributed by atoms with van der Waals surface area (Å²) >= 11 is 0. The van der Waals surface area contributed by atoms with Gasteiger partial charge in [-0.3, -0.25) is 9.59 Å². The molecule has 0 saturated carbocycles. The van der Waals surface area contributed by atoms with Crippen LogP contribution in [0.3, 0.4) is 0 Å². The van der Waals surface area contributed by atoms with Gasteiger partial charge in [0.1, 0.15) is 17.7 Å². The molecular formula is C32H41N3O4. The van der Waals surface area contributed by atoms with Crippen LogP contribution in [-0.4, -0.2) is 40.0 Å². The maximum atomic E-state index is 14.1. The van der Waals surface area contributed by atoms with Crippen molar-refractivity contribution in [3.8, 4) is 0 Å². The van der Waals surface area contributed by atoms with Crippen LogP contribution in [0.1, 0.15) is 71.2 Å². The smallest absolute Gasteiger partial charge is 0.408 e. The number of fused-ring (bicyclic) bond motifs is 1. The maximum Gasteiger partial charge on any atom is 0.408 e. The van der Waals surface area contributed by atoms with E-state index in [1.807, 2.05) is 95.3 Å². The molecule has 3 aromatic carbocycles. The van der Waals surface area contributed by atoms with Gasteiger partial charge in [0.25, 0.3) is 5.91 Å². The predicted octanol–water partition coefficient (Wildman–Crippen LogP) is 6.68. The van der Waals surface area contributed by atoms with Gasteiger partial charge in [0.15, 0.2) is 0 Å². The number of benzene rings is 3. The lowest BCUT2D eigenvalue weighted by molar-refractivity contribution is -0.146. The first-order chi connectivity index (χ1) is 18.0. The van der Waals surface area contributed by atoms with E-state index in [0.29, 0.717) is 11.3 Å². The summed E-state index contributed by atoms with van der Waals surface area (Å²) in [6, 6.07) is 17.6. The third-order valence-electron chi connectivity index (χ3n) is 6.15. The van der Waals surface area contributed by atoms with Crippen LogP contribution < -0.4 is 10.6 Å². The number of amides is 3. The van der Waals surface area contributed by atoms with Crippen molar-refractivity contribution >= 4 is 34.4 Å². The number of rotatable bonds is 6. The molecule has 39 heavy (non-hydrogen) atoms. The molecule has 2 atom stereocenters. The zero-order chi connectivity index (χ0) is 29.1. The second-order valence-corrected chi connectivity index (χ2v) is 12.1. The molecule has 0 heterocycles. The standard InChI is InChI=1S/C32H41N3O4/c1-20-16-21(2)18-25(17-20)27(28(36)34-26-15-14-23-12-10-11-13-24(23)19-26)35(31(4,5)6)29(37)22(3)33-30(38)39-32(7,8)9/h10-19,22,27H,1-9H3,(H,33,38)(H,34,36). The van der Waals surface area contributed by atoms with Gasteiger partial charge in [-0.15, -0.1) is 0 Å². The number of nitrogens with zero attached hydrogens (tertiary/aromatic N) is 1. The average Bonchev–Trinajstić information content (AvgIpc) is 2.79. The first kappa shape index (κ1) is 29.7. The molecule has 2 N–H and O–H groups in total. The van der Waals surface area contributed by atoms with E-state index in [2.05, 4.69) is 10.6 Å². The zero-order valence-electron chi connectivity index (χ0n) is 24.5. The minimum atomic E-state index is -0.953. The number of ether oxygens (including phenoxy) is 1. The fourth-order valence-corrected chi connectivity index (χ4v) is 4.66. The number of nitrogens with one attached hydrogen (secondary N) is 2. The SMILES string of the molecule is Cc1cc(C)cc(C(C(=O)Nc2ccc3ccccc3c2)N(C(=O)C(C)NC(=O)OC(C)(C)C)C(C)(C)C)c1. The molecule has 0 aliphatic carbocycles. The van der Waals surface area contributed by atoms with Gasteiger partial charge in [0.2, 0.25) is 5.91 Å². The molecule has 0 aliphatic rings. The lowest BCUT2D eigenvalue weighted by Crippen LogP contribution is -2.57. The first-order valence-corrected chi connectivity index (χ1v) is 13.3. The van der Waals surface area contributed by atoms with E-state index < -0.39 is 35.2 Å². The second kappa shape index (κ2) is 11.5. The predicted molar refractivity (Wildman–Crippen MR) is 157 cm³/mol. The summed E-state index contributed by atoms with van der Waals surface area (Å²) in [7, 11) is 0. The molecule has 7 nitrogen and oxygen atoms in total. The number of anilines is 1. The van der Waals surface area contributed by atoms with Crippen molar-refractivity contribution in [2.75, 3.05) is 5.32 Å². The second-order valence-electron chi connectivity index (χ2n) is 12.1. The van der Waals surface area contributed by atoms with Crippen molar-refractivity contribution < 1.29 is 19.1 Å². The Bertz CT molecular complexity index is 1350. The molecule has 3 rings (SSSR count). The summed E-state index contributed by atoms with van der Waals surface area (Å²) in [5.74, 6) is -0.741. The van der Waals surface area contributed by atoms with E-state index in [-0.39, 0.29) is 5.91 Å². The molecule has 3 aromatic rings. The highest BCUT2D eigenvalue weighted by Crippen LogP contribution is 2.32. The normalized spacial score (nSPS) is 13.4. The highest BCUT2D eigenvalue weighted by Gasteiger charge is 2.41. The van der Waals surface area contributed by atoms with Gasteiger partial charge in [-0.2, -0.15) is 0 Å². The van der Waals surface area contributed by atoms with Gasteiger partial charge in [0, 0.05) is 11.2 Å². The van der Waals surface area contributed by atoms with Crippen molar-refractivity contribution in [1.29, 1.82) is 0 Å². The van der Waals surface area contributed by atoms with E-state index >= 15 is 0 Å². The molecule has 0 fully saturated rings. The molecule has 0 aliphatic heterocycles. The Morgan fingerprint density at radius 2 is 1.41 bits per heavy atom. The van der Waals surface area contributed by atoms with E-state index in [9.17, 15) is 14.4 Å². The fraction of sp³-hybridized carbons (Fsp3) is 0.406. The Kier molecular flexibility index (Phi) is 8.74. The molecule has 0 aromatic heterocycles. The summed E-state index contributed by atoms with van der Waals surface area (Å²) in [4.78, 5) is 42.1. The van der Waals surface area contributed by atoms with Crippen LogP contribution in [0, 0.1) is 13.8 Å². The summed E-state index contributed by atoms with van der Waals surface area (Å²) in [5.41, 5.74) is 1.82. The highest BCUT2D eigenvalue weighted by molar-refractivity contribution is 6.00. The topological polar surface area (TPSA) is 87.7 Å². The van der Waals surface area contributed by atoms with Crippen LogP contribution in [0.15, 0.2) is 60.7 Å². The Hall–Kier alpha value is -3.87.